The van der Waals surface area contributed by atoms with Crippen molar-refractivity contribution in [3.8, 4) is 22.8 Å². The van der Waals surface area contributed by atoms with Gasteiger partial charge in [0.2, 0.25) is 5.91 Å². The van der Waals surface area contributed by atoms with E-state index in [0.29, 0.717) is 27.6 Å². The highest BCUT2D eigenvalue weighted by Crippen LogP contribution is 2.29. The van der Waals surface area contributed by atoms with Gasteiger partial charge in [-0.25, -0.2) is 0 Å². The Labute approximate surface area is 233 Å². The summed E-state index contributed by atoms with van der Waals surface area (Å²) < 4.78 is 7.45. The van der Waals surface area contributed by atoms with Crippen LogP contribution in [0.25, 0.3) is 17.1 Å². The van der Waals surface area contributed by atoms with Crippen molar-refractivity contribution in [2.24, 2.45) is 0 Å². The highest BCUT2D eigenvalue weighted by atomic mass is 35.5. The monoisotopic (exact) mass is 572 g/mol. The van der Waals surface area contributed by atoms with Crippen LogP contribution in [0.5, 0.6) is 5.75 Å². The number of hydrogen-bond donors (Lipinski definition) is 3. The first-order chi connectivity index (χ1) is 17.9. The number of thioether (sulfide) groups is 1. The van der Waals surface area contributed by atoms with Crippen LogP contribution in [0.15, 0.2) is 78.0 Å². The minimum absolute atomic E-state index is 0.0757. The average Bonchev–Trinajstić information content (AvgIpc) is 3.32. The van der Waals surface area contributed by atoms with Gasteiger partial charge in [0.05, 0.1) is 12.4 Å². The second-order valence-corrected chi connectivity index (χ2v) is 9.72. The molecule has 0 unspecified atom stereocenters. The number of anilines is 1. The normalized spacial score (nSPS) is 10.6. The van der Waals surface area contributed by atoms with Crippen molar-refractivity contribution in [2.45, 2.75) is 12.1 Å². The van der Waals surface area contributed by atoms with E-state index < -0.39 is 0 Å². The molecule has 3 N–H and O–H groups in total. The van der Waals surface area contributed by atoms with Crippen LogP contribution in [-0.2, 0) is 4.79 Å². The van der Waals surface area contributed by atoms with E-state index >= 15 is 0 Å². The molecule has 0 aliphatic rings. The van der Waals surface area contributed by atoms with Crippen molar-refractivity contribution < 1.29 is 9.53 Å². The van der Waals surface area contributed by atoms with Gasteiger partial charge < -0.3 is 10.1 Å². The molecule has 0 aliphatic carbocycles. The summed E-state index contributed by atoms with van der Waals surface area (Å²) in [7, 11) is 0. The van der Waals surface area contributed by atoms with Crippen LogP contribution in [-0.4, -0.2) is 38.1 Å². The van der Waals surface area contributed by atoms with Gasteiger partial charge in [-0.15, -0.1) is 10.2 Å². The minimum Gasteiger partial charge on any atom is -0.494 e. The first kappa shape index (κ1) is 26.7. The number of amides is 1. The predicted octanol–water partition coefficient (Wildman–Crippen LogP) is 5.75. The molecule has 0 radical (unpaired) electrons. The molecule has 0 aliphatic heterocycles. The van der Waals surface area contributed by atoms with Crippen LogP contribution < -0.4 is 20.9 Å². The van der Waals surface area contributed by atoms with Gasteiger partial charge in [-0.3, -0.25) is 20.2 Å². The third-order valence-electron chi connectivity index (χ3n) is 4.89. The molecule has 37 heavy (non-hydrogen) atoms. The molecule has 4 aromatic rings. The Balaban J connectivity index is 1.45. The quantitative estimate of drug-likeness (QED) is 0.140. The summed E-state index contributed by atoms with van der Waals surface area (Å²) >= 11 is 18.4. The van der Waals surface area contributed by atoms with Gasteiger partial charge in [0.15, 0.2) is 16.1 Å². The van der Waals surface area contributed by atoms with E-state index in [9.17, 15) is 4.79 Å². The molecule has 12 heteroatoms. The van der Waals surface area contributed by atoms with E-state index in [1.165, 1.54) is 11.8 Å². The van der Waals surface area contributed by atoms with Crippen molar-refractivity contribution in [3.63, 3.8) is 0 Å². The lowest BCUT2D eigenvalue weighted by atomic mass is 10.2. The number of thiocarbonyl (C=S) groups is 1. The summed E-state index contributed by atoms with van der Waals surface area (Å²) in [5.74, 6) is 1.16. The molecule has 1 amide bonds. The van der Waals surface area contributed by atoms with Crippen LogP contribution in [0.3, 0.4) is 0 Å². The molecule has 0 spiro atoms. The Kier molecular flexibility index (Phi) is 9.24. The van der Waals surface area contributed by atoms with E-state index in [-0.39, 0.29) is 16.8 Å². The molecular weight excluding hydrogens is 551 g/mol. The zero-order valence-corrected chi connectivity index (χ0v) is 22.7. The highest BCUT2D eigenvalue weighted by molar-refractivity contribution is 7.99. The number of hydrazine groups is 1. The van der Waals surface area contributed by atoms with E-state index in [2.05, 4.69) is 26.4 Å². The van der Waals surface area contributed by atoms with Gasteiger partial charge in [-0.1, -0.05) is 35.0 Å². The fourth-order valence-corrected chi connectivity index (χ4v) is 4.40. The topological polar surface area (TPSA) is 93.1 Å². The zero-order chi connectivity index (χ0) is 26.2. The van der Waals surface area contributed by atoms with Crippen LogP contribution in [0.2, 0.25) is 10.0 Å². The standard InChI is InChI=1S/C25H22Cl2N6O2S2/c1-2-35-21-13-11-20(12-14-21)33-23(16-3-5-17(26)6-4-16)30-32-25(33)37-15-22(34)29-31-24(36)28-19-9-7-18(27)8-10-19/h3-14H,2,15H2,1H3,(H,29,34)(H2,28,31,36). The Morgan fingerprint density at radius 2 is 1.59 bits per heavy atom. The fraction of sp³-hybridized carbons (Fsp3) is 0.120. The van der Waals surface area contributed by atoms with Crippen molar-refractivity contribution in [2.75, 3.05) is 17.7 Å². The van der Waals surface area contributed by atoms with E-state index in [4.69, 9.17) is 40.2 Å². The number of halogens is 2. The first-order valence-electron chi connectivity index (χ1n) is 11.1. The molecule has 0 saturated carbocycles. The third kappa shape index (κ3) is 7.36. The SMILES string of the molecule is CCOc1ccc(-n2c(SCC(=O)NNC(=S)Nc3ccc(Cl)cc3)nnc2-c2ccc(Cl)cc2)cc1. The predicted molar refractivity (Wildman–Crippen MR) is 153 cm³/mol. The summed E-state index contributed by atoms with van der Waals surface area (Å²) in [6.45, 7) is 2.51. The Hall–Kier alpha value is -3.31. The van der Waals surface area contributed by atoms with Crippen LogP contribution in [0, 0.1) is 0 Å². The maximum Gasteiger partial charge on any atom is 0.248 e. The van der Waals surface area contributed by atoms with Gasteiger partial charge in [-0.2, -0.15) is 0 Å². The van der Waals surface area contributed by atoms with Crippen molar-refractivity contribution >= 4 is 63.9 Å². The Bertz CT molecular complexity index is 1360. The van der Waals surface area contributed by atoms with Crippen molar-refractivity contribution in [3.05, 3.63) is 82.8 Å². The molecule has 4 rings (SSSR count). The number of carbonyl (C=O) groups excluding carboxylic acids is 1. The Morgan fingerprint density at radius 1 is 0.946 bits per heavy atom. The first-order valence-corrected chi connectivity index (χ1v) is 13.3. The van der Waals surface area contributed by atoms with Gasteiger partial charge >= 0.3 is 0 Å². The molecule has 1 heterocycles. The van der Waals surface area contributed by atoms with Crippen molar-refractivity contribution in [1.29, 1.82) is 0 Å². The molecule has 0 atom stereocenters. The largest absolute Gasteiger partial charge is 0.494 e. The Morgan fingerprint density at radius 3 is 2.24 bits per heavy atom. The zero-order valence-electron chi connectivity index (χ0n) is 19.6. The third-order valence-corrected chi connectivity index (χ3v) is 6.53. The molecule has 190 valence electrons. The lowest BCUT2D eigenvalue weighted by Crippen LogP contribution is -2.44. The van der Waals surface area contributed by atoms with E-state index in [1.54, 1.807) is 36.4 Å². The molecule has 3 aromatic carbocycles. The summed E-state index contributed by atoms with van der Waals surface area (Å²) in [4.78, 5) is 12.5. The van der Waals surface area contributed by atoms with Crippen molar-refractivity contribution in [1.82, 2.24) is 25.6 Å². The van der Waals surface area contributed by atoms with Crippen LogP contribution in [0.1, 0.15) is 6.92 Å². The van der Waals surface area contributed by atoms with Gasteiger partial charge in [0, 0.05) is 27.0 Å². The second-order valence-electron chi connectivity index (χ2n) is 7.50. The molecule has 0 saturated heterocycles. The summed E-state index contributed by atoms with van der Waals surface area (Å²) in [5, 5.41) is 13.7. The summed E-state index contributed by atoms with van der Waals surface area (Å²) in [6.07, 6.45) is 0. The number of rotatable bonds is 8. The number of hydrogen-bond acceptors (Lipinski definition) is 6. The smallest absolute Gasteiger partial charge is 0.248 e. The minimum atomic E-state index is -0.292. The number of carbonyl (C=O) groups is 1. The fourth-order valence-electron chi connectivity index (χ4n) is 3.23. The number of ether oxygens (including phenoxy) is 1. The lowest BCUT2D eigenvalue weighted by Gasteiger charge is -2.13. The van der Waals surface area contributed by atoms with E-state index in [1.807, 2.05) is 47.9 Å². The molecular formula is C25H22Cl2N6O2S2. The number of aromatic nitrogens is 3. The second kappa shape index (κ2) is 12.8. The summed E-state index contributed by atoms with van der Waals surface area (Å²) in [5.41, 5.74) is 7.67. The molecule has 1 aromatic heterocycles. The number of benzene rings is 3. The average molecular weight is 574 g/mol. The van der Waals surface area contributed by atoms with Gasteiger partial charge in [0.1, 0.15) is 5.75 Å². The van der Waals surface area contributed by atoms with Crippen LogP contribution >= 0.6 is 47.2 Å². The maximum absolute atomic E-state index is 12.5. The van der Waals surface area contributed by atoms with Gasteiger partial charge in [0.25, 0.3) is 0 Å². The van der Waals surface area contributed by atoms with E-state index in [0.717, 1.165) is 22.7 Å². The summed E-state index contributed by atoms with van der Waals surface area (Å²) in [6, 6.07) is 22.0. The number of nitrogens with zero attached hydrogens (tertiary/aromatic N) is 3. The molecule has 0 fully saturated rings. The van der Waals surface area contributed by atoms with Crippen LogP contribution in [0.4, 0.5) is 5.69 Å². The maximum atomic E-state index is 12.5. The van der Waals surface area contributed by atoms with Gasteiger partial charge in [-0.05, 0) is 91.9 Å². The highest BCUT2D eigenvalue weighted by Gasteiger charge is 2.18. The molecule has 8 nitrogen and oxygen atoms in total. The lowest BCUT2D eigenvalue weighted by molar-refractivity contribution is -0.119. The number of nitrogens with one attached hydrogen (secondary N) is 3. The molecule has 0 bridgehead atoms.